The summed E-state index contributed by atoms with van der Waals surface area (Å²) < 4.78 is 2.36. The van der Waals surface area contributed by atoms with E-state index in [0.717, 1.165) is 52.0 Å². The van der Waals surface area contributed by atoms with Gasteiger partial charge in [-0.3, -0.25) is 9.78 Å². The Morgan fingerprint density at radius 1 is 1.11 bits per heavy atom. The molecule has 180 valence electrons. The van der Waals surface area contributed by atoms with E-state index in [1.165, 1.54) is 12.8 Å². The minimum absolute atomic E-state index is 0.252. The molecule has 1 saturated carbocycles. The molecule has 0 saturated heterocycles. The number of nitrogens with one attached hydrogen (secondary N) is 1. The van der Waals surface area contributed by atoms with Crippen molar-refractivity contribution in [2.75, 3.05) is 18.5 Å². The van der Waals surface area contributed by atoms with Gasteiger partial charge in [-0.2, -0.15) is 4.98 Å². The van der Waals surface area contributed by atoms with Gasteiger partial charge in [-0.1, -0.05) is 13.0 Å². The Bertz CT molecular complexity index is 1410. The van der Waals surface area contributed by atoms with Crippen LogP contribution in [0.2, 0.25) is 0 Å². The summed E-state index contributed by atoms with van der Waals surface area (Å²) in [6.45, 7) is 2.90. The number of hydrogen-bond donors (Lipinski definition) is 2. The second-order valence-electron chi connectivity index (χ2n) is 9.76. The van der Waals surface area contributed by atoms with Crippen LogP contribution in [-0.2, 0) is 17.8 Å². The van der Waals surface area contributed by atoms with Crippen LogP contribution >= 0.6 is 0 Å². The first-order chi connectivity index (χ1) is 17.1. The molecule has 0 radical (unpaired) electrons. The van der Waals surface area contributed by atoms with E-state index in [-0.39, 0.29) is 5.91 Å². The zero-order valence-corrected chi connectivity index (χ0v) is 19.8. The van der Waals surface area contributed by atoms with Gasteiger partial charge in [0.05, 0.1) is 11.7 Å². The van der Waals surface area contributed by atoms with Crippen LogP contribution in [0.5, 0.6) is 0 Å². The van der Waals surface area contributed by atoms with Crippen molar-refractivity contribution in [2.24, 2.45) is 5.92 Å². The molecule has 0 spiro atoms. The molecule has 0 bridgehead atoms. The van der Waals surface area contributed by atoms with Crippen molar-refractivity contribution in [2.45, 2.75) is 51.6 Å². The number of carbonyl (C=O) groups is 1. The Morgan fingerprint density at radius 2 is 1.97 bits per heavy atom. The molecular weight excluding hydrogens is 442 g/mol. The molecule has 1 aliphatic carbocycles. The maximum atomic E-state index is 11.8. The van der Waals surface area contributed by atoms with Crippen LogP contribution in [0.1, 0.15) is 49.9 Å². The molecule has 0 unspecified atom stereocenters. The predicted molar refractivity (Wildman–Crippen MR) is 133 cm³/mol. The lowest BCUT2D eigenvalue weighted by Gasteiger charge is -2.28. The van der Waals surface area contributed by atoms with E-state index in [1.54, 1.807) is 4.90 Å². The summed E-state index contributed by atoms with van der Waals surface area (Å²) in [4.78, 5) is 32.2. The monoisotopic (exact) mass is 471 g/mol. The zero-order chi connectivity index (χ0) is 23.9. The van der Waals surface area contributed by atoms with Gasteiger partial charge in [0.2, 0.25) is 11.9 Å². The molecule has 35 heavy (non-hydrogen) atoms. The minimum atomic E-state index is -0.463. The van der Waals surface area contributed by atoms with Crippen molar-refractivity contribution in [3.05, 3.63) is 48.0 Å². The summed E-state index contributed by atoms with van der Waals surface area (Å²) in [5.41, 5.74) is 4.00. The maximum absolute atomic E-state index is 11.8. The van der Waals surface area contributed by atoms with Gasteiger partial charge in [0.1, 0.15) is 18.1 Å². The third-order valence-electron chi connectivity index (χ3n) is 7.47. The molecule has 5 heterocycles. The van der Waals surface area contributed by atoms with Gasteiger partial charge in [0.25, 0.3) is 0 Å². The van der Waals surface area contributed by atoms with Crippen LogP contribution in [0.4, 0.5) is 11.8 Å². The predicted octanol–water partition coefficient (Wildman–Crippen LogP) is 3.75. The van der Waals surface area contributed by atoms with Crippen molar-refractivity contribution >= 4 is 39.6 Å². The maximum Gasteiger partial charge on any atom is 0.248 e. The number of aliphatic hydroxyl groups is 1. The Kier molecular flexibility index (Phi) is 5.56. The number of pyridine rings is 2. The van der Waals surface area contributed by atoms with Gasteiger partial charge >= 0.3 is 0 Å². The average molecular weight is 472 g/mol. The standard InChI is InChI=1S/C26H29N7O2/c1-16-2-5-18(6-3-16)33-22-13-27-10-8-19(22)20-12-28-26(31-25(20)33)30-23-7-4-17-14-32(24(35)15-34)11-9-21(17)29-23/h4,7-8,10,12-13,16,18,34H,2-3,5-6,9,11,14-15H2,1H3,(H,28,29,30,31). The lowest BCUT2D eigenvalue weighted by atomic mass is 9.87. The van der Waals surface area contributed by atoms with Crippen LogP contribution < -0.4 is 5.32 Å². The van der Waals surface area contributed by atoms with Gasteiger partial charge in [0.15, 0.2) is 0 Å². The van der Waals surface area contributed by atoms with Crippen LogP contribution in [0, 0.1) is 5.92 Å². The molecule has 2 N–H and O–H groups in total. The Labute approximate surface area is 203 Å². The molecule has 9 heteroatoms. The van der Waals surface area contributed by atoms with Crippen molar-refractivity contribution in [1.82, 2.24) is 29.4 Å². The first-order valence-electron chi connectivity index (χ1n) is 12.4. The Balaban J connectivity index is 1.33. The van der Waals surface area contributed by atoms with Crippen molar-refractivity contribution in [3.63, 3.8) is 0 Å². The van der Waals surface area contributed by atoms with E-state index in [4.69, 9.17) is 15.1 Å². The lowest BCUT2D eigenvalue weighted by Crippen LogP contribution is -2.37. The highest BCUT2D eigenvalue weighted by Gasteiger charge is 2.25. The number of anilines is 2. The number of aliphatic hydroxyl groups excluding tert-OH is 1. The zero-order valence-electron chi connectivity index (χ0n) is 19.8. The van der Waals surface area contributed by atoms with Crippen molar-refractivity contribution < 1.29 is 9.90 Å². The summed E-state index contributed by atoms with van der Waals surface area (Å²) in [5, 5.41) is 14.6. The van der Waals surface area contributed by atoms with Crippen LogP contribution in [-0.4, -0.2) is 53.6 Å². The third kappa shape index (κ3) is 3.99. The molecule has 1 amide bonds. The van der Waals surface area contributed by atoms with Gasteiger partial charge in [-0.25, -0.2) is 9.97 Å². The number of aromatic nitrogens is 5. The van der Waals surface area contributed by atoms with Gasteiger partial charge in [0, 0.05) is 54.4 Å². The lowest BCUT2D eigenvalue weighted by molar-refractivity contribution is -0.135. The van der Waals surface area contributed by atoms with Gasteiger partial charge in [-0.15, -0.1) is 0 Å². The van der Waals surface area contributed by atoms with Crippen LogP contribution in [0.3, 0.4) is 0 Å². The SMILES string of the molecule is CC1CCC(n2c3cnccc3c3cnc(Nc4ccc5c(n4)CCN(C(=O)CO)C5)nc32)CC1. The molecule has 1 aliphatic heterocycles. The summed E-state index contributed by atoms with van der Waals surface area (Å²) >= 11 is 0. The van der Waals surface area contributed by atoms with E-state index in [2.05, 4.69) is 26.8 Å². The minimum Gasteiger partial charge on any atom is -0.387 e. The molecule has 4 aromatic heterocycles. The van der Waals surface area contributed by atoms with E-state index in [1.807, 2.05) is 36.8 Å². The number of amides is 1. The summed E-state index contributed by atoms with van der Waals surface area (Å²) in [5.74, 6) is 1.71. The fourth-order valence-electron chi connectivity index (χ4n) is 5.51. The fraction of sp³-hybridized carbons (Fsp3) is 0.423. The quantitative estimate of drug-likeness (QED) is 0.467. The molecule has 0 aromatic carbocycles. The molecular formula is C26H29N7O2. The van der Waals surface area contributed by atoms with E-state index in [9.17, 15) is 4.79 Å². The van der Waals surface area contributed by atoms with Crippen molar-refractivity contribution in [3.8, 4) is 0 Å². The first-order valence-corrected chi connectivity index (χ1v) is 12.4. The molecule has 2 aliphatic rings. The molecule has 1 fully saturated rings. The third-order valence-corrected chi connectivity index (χ3v) is 7.47. The largest absolute Gasteiger partial charge is 0.387 e. The van der Waals surface area contributed by atoms with Crippen LogP contribution in [0.25, 0.3) is 21.9 Å². The number of fused-ring (bicyclic) bond motifs is 4. The molecule has 9 nitrogen and oxygen atoms in total. The van der Waals surface area contributed by atoms with E-state index >= 15 is 0 Å². The number of rotatable bonds is 4. The van der Waals surface area contributed by atoms with Crippen molar-refractivity contribution in [1.29, 1.82) is 0 Å². The normalized spacial score (nSPS) is 20.2. The average Bonchev–Trinajstić information content (AvgIpc) is 3.22. The number of carbonyl (C=O) groups excluding carboxylic acids is 1. The highest BCUT2D eigenvalue weighted by molar-refractivity contribution is 6.06. The van der Waals surface area contributed by atoms with E-state index < -0.39 is 6.61 Å². The molecule has 0 atom stereocenters. The molecule has 4 aromatic rings. The second-order valence-corrected chi connectivity index (χ2v) is 9.76. The summed E-state index contributed by atoms with van der Waals surface area (Å²) in [6.07, 6.45) is 11.0. The summed E-state index contributed by atoms with van der Waals surface area (Å²) in [6, 6.07) is 6.32. The Hall–Kier alpha value is -3.59. The fourth-order valence-corrected chi connectivity index (χ4v) is 5.51. The van der Waals surface area contributed by atoms with E-state index in [0.29, 0.717) is 37.3 Å². The first kappa shape index (κ1) is 21.9. The number of nitrogens with zero attached hydrogens (tertiary/aromatic N) is 6. The highest BCUT2D eigenvalue weighted by Crippen LogP contribution is 2.38. The van der Waals surface area contributed by atoms with Gasteiger partial charge < -0.3 is 19.9 Å². The van der Waals surface area contributed by atoms with Crippen LogP contribution in [0.15, 0.2) is 36.8 Å². The highest BCUT2D eigenvalue weighted by atomic mass is 16.3. The number of hydrogen-bond acceptors (Lipinski definition) is 7. The second kappa shape index (κ2) is 8.88. The van der Waals surface area contributed by atoms with Gasteiger partial charge in [-0.05, 0) is 49.3 Å². The summed E-state index contributed by atoms with van der Waals surface area (Å²) in [7, 11) is 0. The Morgan fingerprint density at radius 3 is 2.80 bits per heavy atom. The topological polar surface area (TPSA) is 109 Å². The smallest absolute Gasteiger partial charge is 0.248 e. The molecule has 6 rings (SSSR count).